The summed E-state index contributed by atoms with van der Waals surface area (Å²) in [6.45, 7) is 5.69. The Morgan fingerprint density at radius 2 is 2.36 bits per heavy atom. The third-order valence-corrected chi connectivity index (χ3v) is 4.27. The van der Waals surface area contributed by atoms with Gasteiger partial charge in [-0.15, -0.1) is 11.3 Å². The highest BCUT2D eigenvalue weighted by Gasteiger charge is 2.05. The second-order valence-corrected chi connectivity index (χ2v) is 6.14. The number of nitrogens with zero attached hydrogens (tertiary/aromatic N) is 4. The summed E-state index contributed by atoms with van der Waals surface area (Å²) in [5.41, 5.74) is 0. The van der Waals surface area contributed by atoms with Crippen molar-refractivity contribution in [2.75, 3.05) is 26.7 Å². The van der Waals surface area contributed by atoms with Crippen LogP contribution in [-0.2, 0) is 13.0 Å². The zero-order valence-corrected chi connectivity index (χ0v) is 14.2. The van der Waals surface area contributed by atoms with E-state index in [2.05, 4.69) is 46.8 Å². The van der Waals surface area contributed by atoms with Gasteiger partial charge in [0.1, 0.15) is 0 Å². The Morgan fingerprint density at radius 3 is 3.05 bits per heavy atom. The highest BCUT2D eigenvalue weighted by atomic mass is 32.1. The minimum Gasteiger partial charge on any atom is -0.357 e. The molecule has 0 aromatic carbocycles. The van der Waals surface area contributed by atoms with Crippen LogP contribution in [0.4, 0.5) is 0 Å². The molecule has 0 aliphatic heterocycles. The number of aryl methyl sites for hydroxylation is 1. The first kappa shape index (κ1) is 16.5. The molecule has 0 atom stereocenters. The van der Waals surface area contributed by atoms with Crippen LogP contribution in [0.25, 0.3) is 0 Å². The third-order valence-electron chi connectivity index (χ3n) is 3.34. The minimum atomic E-state index is 0.811. The number of guanidine groups is 1. The number of hydrogen-bond acceptors (Lipinski definition) is 3. The molecule has 5 nitrogen and oxygen atoms in total. The van der Waals surface area contributed by atoms with Gasteiger partial charge < -0.3 is 10.2 Å². The van der Waals surface area contributed by atoms with E-state index >= 15 is 0 Å². The van der Waals surface area contributed by atoms with Crippen molar-refractivity contribution in [3.8, 4) is 0 Å². The summed E-state index contributed by atoms with van der Waals surface area (Å²) >= 11 is 1.81. The largest absolute Gasteiger partial charge is 0.357 e. The smallest absolute Gasteiger partial charge is 0.193 e. The Morgan fingerprint density at radius 1 is 1.45 bits per heavy atom. The van der Waals surface area contributed by atoms with Crippen molar-refractivity contribution in [1.82, 2.24) is 20.0 Å². The molecule has 0 radical (unpaired) electrons. The number of aliphatic imine (C=N–C) groups is 1. The summed E-state index contributed by atoms with van der Waals surface area (Å²) in [5.74, 6) is 0.986. The van der Waals surface area contributed by atoms with Gasteiger partial charge in [0, 0.05) is 50.5 Å². The standard InChI is InChI=1S/C16H25N5S/c1-3-17-16(18-9-5-11-21-12-6-10-19-21)20(2)13-8-15-7-4-14-22-15/h4,6-7,10,12,14H,3,5,8-9,11,13H2,1-2H3,(H,17,18). The second-order valence-electron chi connectivity index (χ2n) is 5.11. The molecule has 2 aromatic heterocycles. The second kappa shape index (κ2) is 9.25. The van der Waals surface area contributed by atoms with Crippen molar-refractivity contribution >= 4 is 17.3 Å². The van der Waals surface area contributed by atoms with Gasteiger partial charge in [-0.05, 0) is 37.3 Å². The molecule has 2 heterocycles. The lowest BCUT2D eigenvalue weighted by Crippen LogP contribution is -2.40. The van der Waals surface area contributed by atoms with Gasteiger partial charge >= 0.3 is 0 Å². The monoisotopic (exact) mass is 319 g/mol. The molecule has 0 unspecified atom stereocenters. The fourth-order valence-corrected chi connectivity index (χ4v) is 2.86. The first-order valence-corrected chi connectivity index (χ1v) is 8.67. The minimum absolute atomic E-state index is 0.811. The fourth-order valence-electron chi connectivity index (χ4n) is 2.16. The highest BCUT2D eigenvalue weighted by Crippen LogP contribution is 2.09. The van der Waals surface area contributed by atoms with Gasteiger partial charge in [-0.3, -0.25) is 9.67 Å². The third kappa shape index (κ3) is 5.52. The van der Waals surface area contributed by atoms with Crippen molar-refractivity contribution in [1.29, 1.82) is 0 Å². The zero-order valence-electron chi connectivity index (χ0n) is 13.4. The normalized spacial score (nSPS) is 11.6. The molecular weight excluding hydrogens is 294 g/mol. The Balaban J connectivity index is 1.77. The van der Waals surface area contributed by atoms with Crippen LogP contribution >= 0.6 is 11.3 Å². The molecule has 0 fully saturated rings. The number of hydrogen-bond donors (Lipinski definition) is 1. The fraction of sp³-hybridized carbons (Fsp3) is 0.500. The number of thiophene rings is 1. The van der Waals surface area contributed by atoms with Crippen LogP contribution in [0.3, 0.4) is 0 Å². The van der Waals surface area contributed by atoms with Crippen LogP contribution in [0.15, 0.2) is 41.0 Å². The van der Waals surface area contributed by atoms with Crippen molar-refractivity contribution in [2.24, 2.45) is 4.99 Å². The van der Waals surface area contributed by atoms with Crippen LogP contribution in [-0.4, -0.2) is 47.3 Å². The average molecular weight is 319 g/mol. The summed E-state index contributed by atoms with van der Waals surface area (Å²) in [4.78, 5) is 8.33. The van der Waals surface area contributed by atoms with Crippen molar-refractivity contribution in [3.05, 3.63) is 40.8 Å². The molecule has 0 saturated carbocycles. The van der Waals surface area contributed by atoms with E-state index in [1.807, 2.05) is 34.5 Å². The molecule has 0 aliphatic carbocycles. The van der Waals surface area contributed by atoms with E-state index in [0.717, 1.165) is 45.0 Å². The van der Waals surface area contributed by atoms with E-state index in [4.69, 9.17) is 4.99 Å². The molecule has 0 saturated heterocycles. The maximum absolute atomic E-state index is 4.71. The van der Waals surface area contributed by atoms with E-state index in [1.165, 1.54) is 4.88 Å². The first-order chi connectivity index (χ1) is 10.8. The molecule has 0 bridgehead atoms. The molecule has 120 valence electrons. The van der Waals surface area contributed by atoms with Crippen LogP contribution in [0.5, 0.6) is 0 Å². The molecule has 2 aromatic rings. The quantitative estimate of drug-likeness (QED) is 0.462. The van der Waals surface area contributed by atoms with E-state index in [-0.39, 0.29) is 0 Å². The molecule has 6 heteroatoms. The van der Waals surface area contributed by atoms with Crippen molar-refractivity contribution in [3.63, 3.8) is 0 Å². The van der Waals surface area contributed by atoms with Gasteiger partial charge in [0.15, 0.2) is 5.96 Å². The summed E-state index contributed by atoms with van der Waals surface area (Å²) in [6.07, 6.45) is 5.86. The predicted molar refractivity (Wildman–Crippen MR) is 93.5 cm³/mol. The van der Waals surface area contributed by atoms with Gasteiger partial charge in [-0.25, -0.2) is 0 Å². The van der Waals surface area contributed by atoms with Crippen LogP contribution in [0.2, 0.25) is 0 Å². The molecular formula is C16H25N5S. The first-order valence-electron chi connectivity index (χ1n) is 7.79. The van der Waals surface area contributed by atoms with Gasteiger partial charge in [-0.1, -0.05) is 6.07 Å². The Labute approximate surface area is 136 Å². The average Bonchev–Trinajstić information content (AvgIpc) is 3.21. The van der Waals surface area contributed by atoms with E-state index in [1.54, 1.807) is 0 Å². The Kier molecular flexibility index (Phi) is 6.96. The van der Waals surface area contributed by atoms with Crippen LogP contribution in [0.1, 0.15) is 18.2 Å². The summed E-state index contributed by atoms with van der Waals surface area (Å²) in [7, 11) is 2.10. The van der Waals surface area contributed by atoms with Gasteiger partial charge in [0.05, 0.1) is 0 Å². The van der Waals surface area contributed by atoms with Crippen molar-refractivity contribution < 1.29 is 0 Å². The lowest BCUT2D eigenvalue weighted by molar-refractivity contribution is 0.484. The molecule has 0 spiro atoms. The van der Waals surface area contributed by atoms with Crippen LogP contribution in [0, 0.1) is 0 Å². The SMILES string of the molecule is CCNC(=NCCCn1cccn1)N(C)CCc1cccs1. The number of aromatic nitrogens is 2. The molecule has 1 N–H and O–H groups in total. The topological polar surface area (TPSA) is 45.5 Å². The summed E-state index contributed by atoms with van der Waals surface area (Å²) < 4.78 is 1.95. The number of nitrogens with one attached hydrogen (secondary N) is 1. The molecule has 2 rings (SSSR count). The maximum Gasteiger partial charge on any atom is 0.193 e. The van der Waals surface area contributed by atoms with E-state index in [9.17, 15) is 0 Å². The summed E-state index contributed by atoms with van der Waals surface area (Å²) in [5, 5.41) is 9.70. The van der Waals surface area contributed by atoms with Gasteiger partial charge in [0.25, 0.3) is 0 Å². The summed E-state index contributed by atoms with van der Waals surface area (Å²) in [6, 6.07) is 6.24. The van der Waals surface area contributed by atoms with Gasteiger partial charge in [0.2, 0.25) is 0 Å². The Hall–Kier alpha value is -1.82. The van der Waals surface area contributed by atoms with E-state index in [0.29, 0.717) is 0 Å². The lowest BCUT2D eigenvalue weighted by Gasteiger charge is -2.21. The van der Waals surface area contributed by atoms with Gasteiger partial charge in [-0.2, -0.15) is 5.10 Å². The maximum atomic E-state index is 4.71. The highest BCUT2D eigenvalue weighted by molar-refractivity contribution is 7.09. The Bertz CT molecular complexity index is 533. The molecule has 0 amide bonds. The zero-order chi connectivity index (χ0) is 15.6. The van der Waals surface area contributed by atoms with Crippen molar-refractivity contribution in [2.45, 2.75) is 26.3 Å². The predicted octanol–water partition coefficient (Wildman–Crippen LogP) is 2.47. The molecule has 22 heavy (non-hydrogen) atoms. The number of likely N-dealkylation sites (N-methyl/N-ethyl adjacent to an activating group) is 1. The number of rotatable bonds is 8. The van der Waals surface area contributed by atoms with Crippen LogP contribution < -0.4 is 5.32 Å². The molecule has 0 aliphatic rings. The van der Waals surface area contributed by atoms with E-state index < -0.39 is 0 Å². The lowest BCUT2D eigenvalue weighted by atomic mass is 10.3.